The summed E-state index contributed by atoms with van der Waals surface area (Å²) in [5, 5.41) is 17.8. The Morgan fingerprint density at radius 2 is 1.89 bits per heavy atom. The minimum absolute atomic E-state index is 0.445. The fraction of sp³-hybridized carbons (Fsp3) is 0.231. The van der Waals surface area contributed by atoms with E-state index in [4.69, 9.17) is 4.74 Å². The van der Waals surface area contributed by atoms with Crippen molar-refractivity contribution in [2.75, 3.05) is 7.11 Å². The lowest BCUT2D eigenvalue weighted by molar-refractivity contribution is 0.172. The second kappa shape index (κ2) is 6.10. The van der Waals surface area contributed by atoms with E-state index in [9.17, 15) is 5.11 Å². The van der Waals surface area contributed by atoms with E-state index in [1.165, 1.54) is 10.7 Å². The van der Waals surface area contributed by atoms with Gasteiger partial charge in [0, 0.05) is 16.1 Å². The molecule has 0 radical (unpaired) electrons. The Bertz CT molecular complexity index is 499. The van der Waals surface area contributed by atoms with E-state index in [1.807, 2.05) is 24.3 Å². The summed E-state index contributed by atoms with van der Waals surface area (Å²) in [6, 6.07) is 11.5. The maximum Gasteiger partial charge on any atom is 0.233 e. The van der Waals surface area contributed by atoms with E-state index in [0.717, 1.165) is 5.56 Å². The molecule has 1 heterocycles. The van der Waals surface area contributed by atoms with Crippen LogP contribution >= 0.6 is 22.6 Å². The van der Waals surface area contributed by atoms with E-state index in [1.54, 1.807) is 12.1 Å². The molecule has 0 bridgehead atoms. The predicted molar refractivity (Wildman–Crippen MR) is 76.4 cm³/mol. The Kier molecular flexibility index (Phi) is 4.48. The highest BCUT2D eigenvalue weighted by Crippen LogP contribution is 2.18. The van der Waals surface area contributed by atoms with Crippen LogP contribution in [0.25, 0.3) is 0 Å². The van der Waals surface area contributed by atoms with Gasteiger partial charge in [-0.3, -0.25) is 0 Å². The third kappa shape index (κ3) is 3.39. The van der Waals surface area contributed by atoms with Crippen molar-refractivity contribution in [3.63, 3.8) is 0 Å². The van der Waals surface area contributed by atoms with Gasteiger partial charge in [-0.2, -0.15) is 0 Å². The average molecular weight is 356 g/mol. The minimum Gasteiger partial charge on any atom is -0.480 e. The van der Waals surface area contributed by atoms with Crippen LogP contribution in [0.3, 0.4) is 0 Å². The second-order valence-corrected chi connectivity index (χ2v) is 5.09. The van der Waals surface area contributed by atoms with Gasteiger partial charge in [-0.15, -0.1) is 10.2 Å². The van der Waals surface area contributed by atoms with Crippen molar-refractivity contribution in [2.24, 2.45) is 0 Å². The van der Waals surface area contributed by atoms with Gasteiger partial charge in [-0.1, -0.05) is 12.1 Å². The third-order valence-electron chi connectivity index (χ3n) is 2.55. The normalized spacial score (nSPS) is 12.2. The van der Waals surface area contributed by atoms with Gasteiger partial charge in [0.1, 0.15) is 6.10 Å². The molecule has 2 aromatic rings. The predicted octanol–water partition coefficient (Wildman–Crippen LogP) is 2.37. The standard InChI is InChI=1S/C13H13IN2O2/c1-18-13-7-6-11(15-16-13)12(17)8-9-2-4-10(14)5-3-9/h2-7,12,17H,8H2,1H3. The molecule has 1 aromatic carbocycles. The van der Waals surface area contributed by atoms with E-state index in [0.29, 0.717) is 18.0 Å². The zero-order valence-corrected chi connectivity index (χ0v) is 12.0. The molecule has 0 aliphatic rings. The third-order valence-corrected chi connectivity index (χ3v) is 3.27. The van der Waals surface area contributed by atoms with Crippen molar-refractivity contribution in [2.45, 2.75) is 12.5 Å². The minimum atomic E-state index is -0.650. The number of hydrogen-bond donors (Lipinski definition) is 1. The molecule has 1 unspecified atom stereocenters. The Hall–Kier alpha value is -1.21. The molecule has 1 atom stereocenters. The van der Waals surface area contributed by atoms with Crippen molar-refractivity contribution >= 4 is 22.6 Å². The number of benzene rings is 1. The smallest absolute Gasteiger partial charge is 0.233 e. The maximum atomic E-state index is 10.1. The van der Waals surface area contributed by atoms with E-state index in [-0.39, 0.29) is 0 Å². The van der Waals surface area contributed by atoms with Crippen molar-refractivity contribution < 1.29 is 9.84 Å². The fourth-order valence-corrected chi connectivity index (χ4v) is 1.92. The van der Waals surface area contributed by atoms with Gasteiger partial charge >= 0.3 is 0 Å². The molecule has 0 aliphatic carbocycles. The van der Waals surface area contributed by atoms with Crippen molar-refractivity contribution in [3.8, 4) is 5.88 Å². The lowest BCUT2D eigenvalue weighted by Crippen LogP contribution is -2.05. The Morgan fingerprint density at radius 3 is 2.44 bits per heavy atom. The van der Waals surface area contributed by atoms with Gasteiger partial charge in [-0.25, -0.2) is 0 Å². The highest BCUT2D eigenvalue weighted by atomic mass is 127. The summed E-state index contributed by atoms with van der Waals surface area (Å²) in [7, 11) is 1.53. The van der Waals surface area contributed by atoms with E-state index < -0.39 is 6.10 Å². The summed E-state index contributed by atoms with van der Waals surface area (Å²) in [5.41, 5.74) is 1.62. The summed E-state index contributed by atoms with van der Waals surface area (Å²) in [6.45, 7) is 0. The van der Waals surface area contributed by atoms with Gasteiger partial charge in [-0.05, 0) is 46.4 Å². The highest BCUT2D eigenvalue weighted by Gasteiger charge is 2.11. The molecular weight excluding hydrogens is 343 g/mol. The van der Waals surface area contributed by atoms with Crippen molar-refractivity contribution in [3.05, 3.63) is 51.2 Å². The first-order valence-corrected chi connectivity index (χ1v) is 6.57. The number of ether oxygens (including phenoxy) is 1. The first-order valence-electron chi connectivity index (χ1n) is 5.49. The first-order chi connectivity index (χ1) is 8.69. The van der Waals surface area contributed by atoms with E-state index >= 15 is 0 Å². The average Bonchev–Trinajstić information content (AvgIpc) is 2.41. The quantitative estimate of drug-likeness (QED) is 0.855. The molecule has 0 fully saturated rings. The summed E-state index contributed by atoms with van der Waals surface area (Å²) >= 11 is 2.25. The van der Waals surface area contributed by atoms with Crippen molar-refractivity contribution in [1.29, 1.82) is 0 Å². The Balaban J connectivity index is 2.06. The highest BCUT2D eigenvalue weighted by molar-refractivity contribution is 14.1. The molecule has 5 heteroatoms. The number of halogens is 1. The monoisotopic (exact) mass is 356 g/mol. The summed E-state index contributed by atoms with van der Waals surface area (Å²) in [4.78, 5) is 0. The summed E-state index contributed by atoms with van der Waals surface area (Å²) in [6.07, 6.45) is -0.124. The molecule has 18 heavy (non-hydrogen) atoms. The molecule has 94 valence electrons. The van der Waals surface area contributed by atoms with Crippen LogP contribution in [-0.4, -0.2) is 22.4 Å². The zero-order chi connectivity index (χ0) is 13.0. The molecule has 1 N–H and O–H groups in total. The number of aliphatic hydroxyl groups is 1. The lowest BCUT2D eigenvalue weighted by atomic mass is 10.1. The zero-order valence-electron chi connectivity index (χ0n) is 9.88. The van der Waals surface area contributed by atoms with Crippen LogP contribution in [0.4, 0.5) is 0 Å². The topological polar surface area (TPSA) is 55.2 Å². The van der Waals surface area contributed by atoms with Crippen LogP contribution in [0.15, 0.2) is 36.4 Å². The van der Waals surface area contributed by atoms with Crippen LogP contribution < -0.4 is 4.74 Å². The number of nitrogens with zero attached hydrogens (tertiary/aromatic N) is 2. The molecule has 1 aromatic heterocycles. The molecule has 0 spiro atoms. The van der Waals surface area contributed by atoms with Gasteiger partial charge < -0.3 is 9.84 Å². The van der Waals surface area contributed by atoms with Crippen LogP contribution in [0, 0.1) is 3.57 Å². The maximum absolute atomic E-state index is 10.1. The number of aliphatic hydroxyl groups excluding tert-OH is 1. The fourth-order valence-electron chi connectivity index (χ4n) is 1.57. The van der Waals surface area contributed by atoms with E-state index in [2.05, 4.69) is 32.8 Å². The molecule has 0 aliphatic heterocycles. The Labute approximate surface area is 119 Å². The van der Waals surface area contributed by atoms with Crippen LogP contribution in [0.1, 0.15) is 17.4 Å². The van der Waals surface area contributed by atoms with Crippen LogP contribution in [0.2, 0.25) is 0 Å². The van der Waals surface area contributed by atoms with Crippen LogP contribution in [0.5, 0.6) is 5.88 Å². The van der Waals surface area contributed by atoms with Crippen LogP contribution in [-0.2, 0) is 6.42 Å². The van der Waals surface area contributed by atoms with Gasteiger partial charge in [0.05, 0.1) is 12.8 Å². The number of rotatable bonds is 4. The first kappa shape index (κ1) is 13.2. The van der Waals surface area contributed by atoms with Gasteiger partial charge in [0.25, 0.3) is 0 Å². The number of hydrogen-bond acceptors (Lipinski definition) is 4. The number of methoxy groups -OCH3 is 1. The summed E-state index contributed by atoms with van der Waals surface area (Å²) in [5.74, 6) is 0.445. The molecule has 4 nitrogen and oxygen atoms in total. The van der Waals surface area contributed by atoms with Crippen molar-refractivity contribution in [1.82, 2.24) is 10.2 Å². The Morgan fingerprint density at radius 1 is 1.17 bits per heavy atom. The second-order valence-electron chi connectivity index (χ2n) is 3.85. The molecule has 0 saturated carbocycles. The van der Waals surface area contributed by atoms with Gasteiger partial charge in [0.15, 0.2) is 0 Å². The largest absolute Gasteiger partial charge is 0.480 e. The molecule has 0 amide bonds. The van der Waals surface area contributed by atoms with Gasteiger partial charge in [0.2, 0.25) is 5.88 Å². The summed E-state index contributed by atoms with van der Waals surface area (Å²) < 4.78 is 6.10. The lowest BCUT2D eigenvalue weighted by Gasteiger charge is -2.09. The number of aromatic nitrogens is 2. The molecular formula is C13H13IN2O2. The SMILES string of the molecule is COc1ccc(C(O)Cc2ccc(I)cc2)nn1. The molecule has 0 saturated heterocycles. The molecule has 2 rings (SSSR count).